The Labute approximate surface area is 188 Å². The van der Waals surface area contributed by atoms with Gasteiger partial charge in [-0.1, -0.05) is 35.9 Å². The average molecular weight is 462 g/mol. The summed E-state index contributed by atoms with van der Waals surface area (Å²) in [5.41, 5.74) is 1.49. The highest BCUT2D eigenvalue weighted by Crippen LogP contribution is 2.35. The van der Waals surface area contributed by atoms with Gasteiger partial charge in [-0.2, -0.15) is 0 Å². The number of methoxy groups -OCH3 is 1. The molecule has 0 aliphatic carbocycles. The van der Waals surface area contributed by atoms with Gasteiger partial charge in [-0.3, -0.25) is 19.3 Å². The van der Waals surface area contributed by atoms with Gasteiger partial charge in [0.15, 0.2) is 11.5 Å². The fourth-order valence-electron chi connectivity index (χ4n) is 2.75. The maximum Gasteiger partial charge on any atom is 0.325 e. The summed E-state index contributed by atoms with van der Waals surface area (Å²) in [6.07, 6.45) is 1.57. The van der Waals surface area contributed by atoms with Gasteiger partial charge in [-0.25, -0.2) is 0 Å². The van der Waals surface area contributed by atoms with Crippen molar-refractivity contribution in [3.63, 3.8) is 0 Å². The minimum Gasteiger partial charge on any atom is -0.490 e. The average Bonchev–Trinajstić information content (AvgIpc) is 3.01. The van der Waals surface area contributed by atoms with Gasteiger partial charge in [0.1, 0.15) is 13.2 Å². The molecule has 0 bridgehead atoms. The van der Waals surface area contributed by atoms with Crippen LogP contribution in [0.4, 0.5) is 4.79 Å². The largest absolute Gasteiger partial charge is 0.490 e. The summed E-state index contributed by atoms with van der Waals surface area (Å²) in [6, 6.07) is 12.6. The lowest BCUT2D eigenvalue weighted by atomic mass is 10.1. The molecule has 0 radical (unpaired) electrons. The van der Waals surface area contributed by atoms with Crippen molar-refractivity contribution in [2.75, 3.05) is 20.3 Å². The number of amides is 2. The normalized spacial score (nSPS) is 14.8. The van der Waals surface area contributed by atoms with Crippen molar-refractivity contribution in [1.82, 2.24) is 4.90 Å². The van der Waals surface area contributed by atoms with E-state index in [9.17, 15) is 14.4 Å². The molecule has 7 nitrogen and oxygen atoms in total. The molecule has 1 aliphatic rings. The number of esters is 1. The van der Waals surface area contributed by atoms with Crippen molar-refractivity contribution in [3.05, 3.63) is 63.5 Å². The summed E-state index contributed by atoms with van der Waals surface area (Å²) in [5.74, 6) is -0.186. The Hall–Kier alpha value is -2.97. The number of halogens is 1. The molecular formula is C22H20ClNO6S. The molecule has 2 aromatic rings. The first-order valence-corrected chi connectivity index (χ1v) is 10.6. The number of thioether (sulfide) groups is 1. The highest BCUT2D eigenvalue weighted by Gasteiger charge is 2.36. The molecular weight excluding hydrogens is 442 g/mol. The first kappa shape index (κ1) is 22.7. The number of ether oxygens (including phenoxy) is 3. The molecule has 1 heterocycles. The second-order valence-corrected chi connectivity index (χ2v) is 7.76. The first-order valence-electron chi connectivity index (χ1n) is 9.38. The van der Waals surface area contributed by atoms with Gasteiger partial charge in [-0.05, 0) is 48.5 Å². The van der Waals surface area contributed by atoms with Crippen molar-refractivity contribution >= 4 is 46.6 Å². The van der Waals surface area contributed by atoms with E-state index in [-0.39, 0.29) is 11.5 Å². The molecule has 2 amide bonds. The fourth-order valence-corrected chi connectivity index (χ4v) is 3.78. The van der Waals surface area contributed by atoms with Crippen LogP contribution in [0.15, 0.2) is 47.4 Å². The fraction of sp³-hybridized carbons (Fsp3) is 0.227. The summed E-state index contributed by atoms with van der Waals surface area (Å²) in [7, 11) is 1.20. The number of hydrogen-bond donors (Lipinski definition) is 0. The van der Waals surface area contributed by atoms with Crippen molar-refractivity contribution in [2.45, 2.75) is 13.5 Å². The van der Waals surface area contributed by atoms with Crippen LogP contribution in [0.1, 0.15) is 18.1 Å². The van der Waals surface area contributed by atoms with Gasteiger partial charge < -0.3 is 14.2 Å². The number of carbonyl (C=O) groups excluding carboxylic acids is 3. The molecule has 0 N–H and O–H groups in total. The highest BCUT2D eigenvalue weighted by atomic mass is 35.5. The van der Waals surface area contributed by atoms with Crippen molar-refractivity contribution in [2.24, 2.45) is 0 Å². The third kappa shape index (κ3) is 5.59. The molecule has 1 aliphatic heterocycles. The number of nitrogens with zero attached hydrogens (tertiary/aromatic N) is 1. The third-order valence-corrected chi connectivity index (χ3v) is 5.57. The van der Waals surface area contributed by atoms with Gasteiger partial charge in [0.2, 0.25) is 0 Å². The van der Waals surface area contributed by atoms with E-state index >= 15 is 0 Å². The van der Waals surface area contributed by atoms with Crippen LogP contribution >= 0.6 is 23.4 Å². The minimum atomic E-state index is -0.665. The Morgan fingerprint density at radius 2 is 1.90 bits per heavy atom. The smallest absolute Gasteiger partial charge is 0.325 e. The van der Waals surface area contributed by atoms with Gasteiger partial charge in [0.25, 0.3) is 11.1 Å². The highest BCUT2D eigenvalue weighted by molar-refractivity contribution is 8.18. The Morgan fingerprint density at radius 1 is 1.13 bits per heavy atom. The first-order chi connectivity index (χ1) is 14.9. The van der Waals surface area contributed by atoms with Crippen LogP contribution in [-0.2, 0) is 20.9 Å². The Kier molecular flexibility index (Phi) is 7.59. The topological polar surface area (TPSA) is 82.1 Å². The molecule has 0 spiro atoms. The molecule has 1 fully saturated rings. The van der Waals surface area contributed by atoms with Crippen LogP contribution in [0.2, 0.25) is 5.02 Å². The molecule has 0 unspecified atom stereocenters. The molecule has 3 rings (SSSR count). The van der Waals surface area contributed by atoms with E-state index in [0.717, 1.165) is 22.2 Å². The van der Waals surface area contributed by atoms with E-state index in [4.69, 9.17) is 21.1 Å². The standard InChI is InChI=1S/C22H20ClNO6S/c1-3-29-18-10-14(8-9-17(18)30-13-15-6-4-5-7-16(15)23)11-19-21(26)24(22(27)31-19)12-20(25)28-2/h4-11H,3,12-13H2,1-2H3/b19-11+. The van der Waals surface area contributed by atoms with Crippen LogP contribution in [-0.4, -0.2) is 42.3 Å². The monoisotopic (exact) mass is 461 g/mol. The maximum absolute atomic E-state index is 12.5. The van der Waals surface area contributed by atoms with E-state index in [0.29, 0.717) is 28.7 Å². The summed E-state index contributed by atoms with van der Waals surface area (Å²) in [6.45, 7) is 2.12. The Morgan fingerprint density at radius 3 is 2.61 bits per heavy atom. The molecule has 0 saturated carbocycles. The van der Waals surface area contributed by atoms with Crippen LogP contribution < -0.4 is 9.47 Å². The van der Waals surface area contributed by atoms with Crippen molar-refractivity contribution in [1.29, 1.82) is 0 Å². The number of hydrogen-bond acceptors (Lipinski definition) is 7. The molecule has 9 heteroatoms. The predicted octanol–water partition coefficient (Wildman–Crippen LogP) is 4.53. The van der Waals surface area contributed by atoms with Gasteiger partial charge >= 0.3 is 5.97 Å². The number of carbonyl (C=O) groups is 3. The molecule has 162 valence electrons. The lowest BCUT2D eigenvalue weighted by Crippen LogP contribution is -2.34. The van der Waals surface area contributed by atoms with Crippen molar-refractivity contribution in [3.8, 4) is 11.5 Å². The molecule has 31 heavy (non-hydrogen) atoms. The van der Waals surface area contributed by atoms with Crippen LogP contribution in [0, 0.1) is 0 Å². The molecule has 2 aromatic carbocycles. The number of benzene rings is 2. The van der Waals surface area contributed by atoms with E-state index in [1.807, 2.05) is 25.1 Å². The summed E-state index contributed by atoms with van der Waals surface area (Å²) >= 11 is 6.94. The number of imide groups is 1. The number of rotatable bonds is 8. The predicted molar refractivity (Wildman–Crippen MR) is 118 cm³/mol. The van der Waals surface area contributed by atoms with Crippen LogP contribution in [0.5, 0.6) is 11.5 Å². The second kappa shape index (κ2) is 10.4. The Balaban J connectivity index is 1.79. The van der Waals surface area contributed by atoms with Gasteiger partial charge in [0, 0.05) is 10.6 Å². The van der Waals surface area contributed by atoms with Crippen molar-refractivity contribution < 1.29 is 28.6 Å². The van der Waals surface area contributed by atoms with E-state index in [1.54, 1.807) is 30.3 Å². The van der Waals surface area contributed by atoms with Crippen LogP contribution in [0.3, 0.4) is 0 Å². The summed E-state index contributed by atoms with van der Waals surface area (Å²) < 4.78 is 16.1. The summed E-state index contributed by atoms with van der Waals surface area (Å²) in [5, 5.41) is 0.0890. The molecule has 0 aromatic heterocycles. The third-order valence-electron chi connectivity index (χ3n) is 4.29. The van der Waals surface area contributed by atoms with Gasteiger partial charge in [-0.15, -0.1) is 0 Å². The van der Waals surface area contributed by atoms with E-state index in [2.05, 4.69) is 4.74 Å². The van der Waals surface area contributed by atoms with Gasteiger partial charge in [0.05, 0.1) is 18.6 Å². The second-order valence-electron chi connectivity index (χ2n) is 6.36. The zero-order chi connectivity index (χ0) is 22.4. The quantitative estimate of drug-likeness (QED) is 0.422. The van der Waals surface area contributed by atoms with E-state index in [1.165, 1.54) is 7.11 Å². The molecule has 0 atom stereocenters. The zero-order valence-corrected chi connectivity index (χ0v) is 18.5. The summed E-state index contributed by atoms with van der Waals surface area (Å²) in [4.78, 5) is 37.0. The lowest BCUT2D eigenvalue weighted by molar-refractivity contribution is -0.143. The Bertz CT molecular complexity index is 1040. The molecule has 1 saturated heterocycles. The van der Waals surface area contributed by atoms with Crippen LogP contribution in [0.25, 0.3) is 6.08 Å². The zero-order valence-electron chi connectivity index (χ0n) is 16.9. The lowest BCUT2D eigenvalue weighted by Gasteiger charge is -2.13. The van der Waals surface area contributed by atoms with E-state index < -0.39 is 23.7 Å². The maximum atomic E-state index is 12.5. The minimum absolute atomic E-state index is 0.209. The SMILES string of the molecule is CCOc1cc(/C=C2/SC(=O)N(CC(=O)OC)C2=O)ccc1OCc1ccccc1Cl.